The Morgan fingerprint density at radius 2 is 1.58 bits per heavy atom. The highest BCUT2D eigenvalue weighted by molar-refractivity contribution is 7.90. The first kappa shape index (κ1) is 52.7. The lowest BCUT2D eigenvalue weighted by Gasteiger charge is -2.25. The predicted molar refractivity (Wildman–Crippen MR) is 245 cm³/mol. The monoisotopic (exact) mass is 981 g/mol. The van der Waals surface area contributed by atoms with Gasteiger partial charge in [-0.2, -0.15) is 18.3 Å². The van der Waals surface area contributed by atoms with E-state index in [1.165, 1.54) is 53.5 Å². The molecule has 370 valence electrons. The van der Waals surface area contributed by atoms with Crippen LogP contribution in [0.4, 0.5) is 28.4 Å². The number of anilines is 1. The Bertz CT molecular complexity index is 2610. The molecule has 3 aromatic carbocycles. The minimum atomic E-state index is -4.75. The van der Waals surface area contributed by atoms with Crippen molar-refractivity contribution in [3.8, 4) is 16.9 Å². The number of sulfonamides is 1. The lowest BCUT2D eigenvalue weighted by atomic mass is 10.0. The third-order valence-corrected chi connectivity index (χ3v) is 12.1. The fourth-order valence-corrected chi connectivity index (χ4v) is 7.88. The number of primary amides is 1. The summed E-state index contributed by atoms with van der Waals surface area (Å²) in [4.78, 5) is 76.5. The van der Waals surface area contributed by atoms with E-state index in [0.29, 0.717) is 36.9 Å². The number of alkyl halides is 3. The molecule has 0 saturated heterocycles. The number of amides is 7. The highest BCUT2D eigenvalue weighted by Gasteiger charge is 2.36. The third kappa shape index (κ3) is 15.4. The number of aliphatic hydroxyl groups excluding tert-OH is 1. The van der Waals surface area contributed by atoms with Crippen LogP contribution in [0.5, 0.6) is 0 Å². The molecule has 1 aliphatic rings. The Morgan fingerprint density at radius 3 is 2.19 bits per heavy atom. The number of unbranched alkanes of at least 4 members (excludes halogenated alkanes) is 2. The minimum absolute atomic E-state index is 0.0660. The first-order valence-electron chi connectivity index (χ1n) is 21.9. The number of nitrogens with one attached hydrogen (secondary N) is 5. The van der Waals surface area contributed by atoms with Crippen LogP contribution in [-0.2, 0) is 46.7 Å². The number of halogens is 3. The van der Waals surface area contributed by atoms with Gasteiger partial charge in [0.1, 0.15) is 24.9 Å². The molecule has 4 aromatic rings. The Kier molecular flexibility index (Phi) is 18.1. The van der Waals surface area contributed by atoms with Gasteiger partial charge < -0.3 is 41.7 Å². The normalized spacial score (nSPS) is 14.5. The summed E-state index contributed by atoms with van der Waals surface area (Å²) in [6.07, 6.45) is -2.33. The van der Waals surface area contributed by atoms with E-state index in [0.717, 1.165) is 28.4 Å². The average molecular weight is 982 g/mol. The van der Waals surface area contributed by atoms with Gasteiger partial charge in [0.05, 0.1) is 16.3 Å². The van der Waals surface area contributed by atoms with Gasteiger partial charge in [0, 0.05) is 36.8 Å². The largest absolute Gasteiger partial charge is 0.444 e. The predicted octanol–water partition coefficient (Wildman–Crippen LogP) is 4.77. The molecule has 0 aliphatic carbocycles. The van der Waals surface area contributed by atoms with E-state index in [4.69, 9.17) is 10.5 Å². The van der Waals surface area contributed by atoms with Crippen LogP contribution >= 0.6 is 0 Å². The maximum Gasteiger partial charge on any atom is 0.435 e. The Labute approximate surface area is 396 Å². The van der Waals surface area contributed by atoms with Gasteiger partial charge in [0.2, 0.25) is 23.6 Å². The minimum Gasteiger partial charge on any atom is -0.444 e. The van der Waals surface area contributed by atoms with Gasteiger partial charge in [-0.25, -0.2) is 27.4 Å². The second-order valence-electron chi connectivity index (χ2n) is 16.5. The first-order chi connectivity index (χ1) is 32.6. The highest BCUT2D eigenvalue weighted by Crippen LogP contribution is 2.33. The molecular formula is C46H54F3N9O10S. The van der Waals surface area contributed by atoms with Crippen molar-refractivity contribution in [3.63, 3.8) is 0 Å². The molecule has 69 heavy (non-hydrogen) atoms. The molecular weight excluding hydrogens is 928 g/mol. The Hall–Kier alpha value is -7.27. The van der Waals surface area contributed by atoms with Crippen molar-refractivity contribution < 1.29 is 60.2 Å². The first-order valence-corrected chi connectivity index (χ1v) is 23.3. The van der Waals surface area contributed by atoms with E-state index in [9.17, 15) is 55.5 Å². The molecule has 19 nitrogen and oxygen atoms in total. The molecule has 23 heteroatoms. The van der Waals surface area contributed by atoms with Crippen molar-refractivity contribution in [2.24, 2.45) is 11.7 Å². The van der Waals surface area contributed by atoms with Crippen molar-refractivity contribution in [2.45, 2.75) is 95.3 Å². The number of carbonyl (C=O) groups excluding carboxylic acids is 6. The van der Waals surface area contributed by atoms with Crippen molar-refractivity contribution >= 4 is 51.5 Å². The molecule has 0 fully saturated rings. The van der Waals surface area contributed by atoms with Crippen LogP contribution in [0.25, 0.3) is 16.9 Å². The van der Waals surface area contributed by atoms with Gasteiger partial charge in [0.25, 0.3) is 10.0 Å². The lowest BCUT2D eigenvalue weighted by molar-refractivity contribution is -0.141. The van der Waals surface area contributed by atoms with Gasteiger partial charge in [0.15, 0.2) is 5.69 Å². The number of carbonyl (C=O) groups is 6. The van der Waals surface area contributed by atoms with Gasteiger partial charge in [-0.3, -0.25) is 19.2 Å². The summed E-state index contributed by atoms with van der Waals surface area (Å²) in [5.74, 6) is -2.30. The smallest absolute Gasteiger partial charge is 0.435 e. The van der Waals surface area contributed by atoms with E-state index in [1.807, 2.05) is 6.92 Å². The van der Waals surface area contributed by atoms with Gasteiger partial charge in [-0.05, 0) is 92.6 Å². The SMILES string of the molecule is Cc1ccc(-c2cc(C(F)(F)F)nn2-c2ccc(S(=O)(=O)NC(=O)OCc3ccc(NC(=O)C(CCCNC(N)=O)NC(=O)[C@@H](NC(=O)CCCCCN4C(=O)C=CC4O)C(C)C)cc3)cc2)cc1. The molecule has 2 unspecified atom stereocenters. The van der Waals surface area contributed by atoms with Gasteiger partial charge in [-0.15, -0.1) is 0 Å². The second-order valence-corrected chi connectivity index (χ2v) is 18.1. The number of benzene rings is 3. The summed E-state index contributed by atoms with van der Waals surface area (Å²) in [6.45, 7) is 5.31. The van der Waals surface area contributed by atoms with Crippen LogP contribution in [0.1, 0.15) is 69.2 Å². The molecule has 5 rings (SSSR count). The molecule has 3 atom stereocenters. The number of hydrogen-bond donors (Lipinski definition) is 7. The quantitative estimate of drug-likeness (QED) is 0.0527. The van der Waals surface area contributed by atoms with Crippen LogP contribution in [0, 0.1) is 12.8 Å². The fourth-order valence-electron chi connectivity index (χ4n) is 6.99. The molecule has 1 aromatic heterocycles. The molecule has 1 aliphatic heterocycles. The molecule has 8 N–H and O–H groups in total. The Morgan fingerprint density at radius 1 is 0.899 bits per heavy atom. The number of ether oxygens (including phenoxy) is 1. The molecule has 0 saturated carbocycles. The summed E-state index contributed by atoms with van der Waals surface area (Å²) in [7, 11) is -4.50. The van der Waals surface area contributed by atoms with E-state index >= 15 is 0 Å². The number of hydrogen-bond acceptors (Lipinski definition) is 11. The number of aromatic nitrogens is 2. The maximum absolute atomic E-state index is 13.6. The molecule has 0 radical (unpaired) electrons. The third-order valence-electron chi connectivity index (χ3n) is 10.7. The van der Waals surface area contributed by atoms with E-state index in [2.05, 4.69) is 26.4 Å². The molecule has 2 heterocycles. The number of rotatable bonds is 22. The van der Waals surface area contributed by atoms with Gasteiger partial charge in [-0.1, -0.05) is 62.2 Å². The topological polar surface area (TPSA) is 273 Å². The Balaban J connectivity index is 1.13. The summed E-state index contributed by atoms with van der Waals surface area (Å²) in [5, 5.41) is 24.1. The maximum atomic E-state index is 13.6. The van der Waals surface area contributed by atoms with Crippen LogP contribution in [-0.4, -0.2) is 95.4 Å². The van der Waals surface area contributed by atoms with Crippen molar-refractivity contribution in [2.75, 3.05) is 18.4 Å². The molecule has 0 spiro atoms. The molecule has 7 amide bonds. The number of urea groups is 1. The van der Waals surface area contributed by atoms with Crippen LogP contribution < -0.4 is 31.7 Å². The average Bonchev–Trinajstić information content (AvgIpc) is 3.89. The summed E-state index contributed by atoms with van der Waals surface area (Å²) >= 11 is 0. The van der Waals surface area contributed by atoms with Gasteiger partial charge >= 0.3 is 18.3 Å². The standard InChI is InChI=1S/C46H54F3N9O10S/c1-28(2)41(54-38(59)9-5-4-6-25-57-39(60)22-23-40(57)61)43(63)53-35(8-7-24-51-44(50)64)42(62)52-32-16-12-30(13-17-32)27-68-45(65)56-69(66,67)34-20-18-33(19-21-34)58-36(26-37(55-58)46(47,48)49)31-14-10-29(3)11-15-31/h10-23,26,28,35,39,41,60H,4-9,24-25,27H2,1-3H3,(H,52,62)(H,53,63)(H,54,59)(H,56,65)(H3,50,51,64)/t35?,39?,41-/m0/s1. The number of nitrogens with two attached hydrogens (primary N) is 1. The zero-order valence-electron chi connectivity index (χ0n) is 37.9. The van der Waals surface area contributed by atoms with Crippen LogP contribution in [0.15, 0.2) is 95.9 Å². The van der Waals surface area contributed by atoms with E-state index in [1.54, 1.807) is 42.8 Å². The highest BCUT2D eigenvalue weighted by atomic mass is 32.2. The van der Waals surface area contributed by atoms with Crippen LogP contribution in [0.2, 0.25) is 0 Å². The summed E-state index contributed by atoms with van der Waals surface area (Å²) in [6, 6.07) is 15.3. The number of aryl methyl sites for hydroxylation is 1. The zero-order valence-corrected chi connectivity index (χ0v) is 38.7. The lowest BCUT2D eigenvalue weighted by Crippen LogP contribution is -2.54. The van der Waals surface area contributed by atoms with E-state index < -0.39 is 76.7 Å². The fraction of sp³-hybridized carbons (Fsp3) is 0.370. The summed E-state index contributed by atoms with van der Waals surface area (Å²) < 4.78 is 75.0. The van der Waals surface area contributed by atoms with Crippen molar-refractivity contribution in [1.29, 1.82) is 0 Å². The second kappa shape index (κ2) is 23.6. The van der Waals surface area contributed by atoms with Crippen molar-refractivity contribution in [1.82, 2.24) is 35.4 Å². The van der Waals surface area contributed by atoms with Crippen molar-refractivity contribution in [3.05, 3.63) is 108 Å². The number of aliphatic hydroxyl groups is 1. The molecule has 0 bridgehead atoms. The number of nitrogens with zero attached hydrogens (tertiary/aromatic N) is 3. The zero-order chi connectivity index (χ0) is 50.5. The summed E-state index contributed by atoms with van der Waals surface area (Å²) in [5.41, 5.74) is 6.25. The van der Waals surface area contributed by atoms with Crippen LogP contribution in [0.3, 0.4) is 0 Å². The van der Waals surface area contributed by atoms with E-state index in [-0.39, 0.29) is 59.6 Å².